The first-order valence-corrected chi connectivity index (χ1v) is 5.19. The standard InChI is InChI=1S/C13H8N2O4/c14-11(16)4-2-7-1-3-10-8(5-7)12(17)9(6-15-10)13(18)19/h1,3,5-6H,(H2,14,16)(H,15,17)(H,18,19). The fraction of sp³-hybridized carbons (Fsp3) is 0. The number of amides is 1. The number of fused-ring (bicyclic) bond motifs is 1. The van der Waals surface area contributed by atoms with E-state index < -0.39 is 17.3 Å². The van der Waals surface area contributed by atoms with Crippen molar-refractivity contribution < 1.29 is 14.7 Å². The summed E-state index contributed by atoms with van der Waals surface area (Å²) in [6.07, 6.45) is 1.14. The summed E-state index contributed by atoms with van der Waals surface area (Å²) in [6.45, 7) is 0. The molecular formula is C13H8N2O4. The van der Waals surface area contributed by atoms with Gasteiger partial charge >= 0.3 is 5.97 Å². The van der Waals surface area contributed by atoms with Crippen molar-refractivity contribution in [3.8, 4) is 11.8 Å². The van der Waals surface area contributed by atoms with Crippen molar-refractivity contribution in [1.29, 1.82) is 0 Å². The Morgan fingerprint density at radius 3 is 2.68 bits per heavy atom. The summed E-state index contributed by atoms with van der Waals surface area (Å²) in [4.78, 5) is 36.0. The molecule has 0 aliphatic heterocycles. The molecule has 6 nitrogen and oxygen atoms in total. The topological polar surface area (TPSA) is 113 Å². The first kappa shape index (κ1) is 12.4. The number of aromatic nitrogens is 1. The monoisotopic (exact) mass is 256 g/mol. The minimum atomic E-state index is -1.31. The van der Waals surface area contributed by atoms with Crippen molar-refractivity contribution in [1.82, 2.24) is 4.98 Å². The minimum Gasteiger partial charge on any atom is -0.477 e. The lowest BCUT2D eigenvalue weighted by Gasteiger charge is -2.00. The number of pyridine rings is 1. The van der Waals surface area contributed by atoms with Gasteiger partial charge in [-0.2, -0.15) is 0 Å². The number of carbonyl (C=O) groups excluding carboxylic acids is 1. The van der Waals surface area contributed by atoms with E-state index in [0.717, 1.165) is 6.20 Å². The molecule has 0 bridgehead atoms. The third kappa shape index (κ3) is 2.45. The van der Waals surface area contributed by atoms with Crippen LogP contribution in [0.15, 0.2) is 29.2 Å². The maximum atomic E-state index is 11.9. The Bertz CT molecular complexity index is 809. The van der Waals surface area contributed by atoms with Crippen molar-refractivity contribution >= 4 is 22.8 Å². The quantitative estimate of drug-likeness (QED) is 0.626. The molecule has 0 radical (unpaired) electrons. The normalized spacial score (nSPS) is 9.68. The Morgan fingerprint density at radius 1 is 1.32 bits per heavy atom. The van der Waals surface area contributed by atoms with Gasteiger partial charge in [-0.05, 0) is 24.1 Å². The van der Waals surface area contributed by atoms with Crippen LogP contribution in [0, 0.1) is 11.8 Å². The molecule has 1 aromatic carbocycles. The molecule has 94 valence electrons. The number of hydrogen-bond acceptors (Lipinski definition) is 3. The molecule has 0 unspecified atom stereocenters. The van der Waals surface area contributed by atoms with Gasteiger partial charge in [0, 0.05) is 22.7 Å². The Morgan fingerprint density at radius 2 is 2.05 bits per heavy atom. The number of rotatable bonds is 1. The Kier molecular flexibility index (Phi) is 3.04. The number of nitrogens with two attached hydrogens (primary N) is 1. The van der Waals surface area contributed by atoms with Gasteiger partial charge in [-0.15, -0.1) is 0 Å². The number of carbonyl (C=O) groups is 2. The Balaban J connectivity index is 2.68. The van der Waals surface area contributed by atoms with Gasteiger partial charge in [0.05, 0.1) is 0 Å². The van der Waals surface area contributed by atoms with E-state index in [1.54, 1.807) is 12.1 Å². The SMILES string of the molecule is NC(=O)C#Cc1ccc2[nH]cc(C(=O)O)c(=O)c2c1. The second-order valence-electron chi connectivity index (χ2n) is 3.71. The van der Waals surface area contributed by atoms with E-state index >= 15 is 0 Å². The van der Waals surface area contributed by atoms with Crippen molar-refractivity contribution in [3.63, 3.8) is 0 Å². The lowest BCUT2D eigenvalue weighted by atomic mass is 10.1. The van der Waals surface area contributed by atoms with Crippen molar-refractivity contribution in [2.24, 2.45) is 5.73 Å². The summed E-state index contributed by atoms with van der Waals surface area (Å²) in [5.74, 6) is 2.54. The van der Waals surface area contributed by atoms with E-state index in [4.69, 9.17) is 10.8 Å². The molecule has 6 heteroatoms. The maximum Gasteiger partial charge on any atom is 0.341 e. The van der Waals surface area contributed by atoms with E-state index in [0.29, 0.717) is 11.1 Å². The zero-order chi connectivity index (χ0) is 14.0. The first-order valence-electron chi connectivity index (χ1n) is 5.19. The maximum absolute atomic E-state index is 11.9. The van der Waals surface area contributed by atoms with Gasteiger partial charge in [0.15, 0.2) is 0 Å². The first-order chi connectivity index (χ1) is 8.99. The average Bonchev–Trinajstić information content (AvgIpc) is 2.36. The Labute approximate surface area is 106 Å². The summed E-state index contributed by atoms with van der Waals surface area (Å²) in [7, 11) is 0. The lowest BCUT2D eigenvalue weighted by Crippen LogP contribution is -2.15. The molecule has 0 aliphatic carbocycles. The lowest BCUT2D eigenvalue weighted by molar-refractivity contribution is -0.112. The van der Waals surface area contributed by atoms with E-state index in [-0.39, 0.29) is 10.9 Å². The summed E-state index contributed by atoms with van der Waals surface area (Å²) in [5.41, 5.74) is 4.81. The van der Waals surface area contributed by atoms with E-state index in [9.17, 15) is 14.4 Å². The van der Waals surface area contributed by atoms with Crippen LogP contribution in [-0.2, 0) is 4.79 Å². The highest BCUT2D eigenvalue weighted by Crippen LogP contribution is 2.10. The van der Waals surface area contributed by atoms with Crippen LogP contribution in [0.4, 0.5) is 0 Å². The van der Waals surface area contributed by atoms with Crippen LogP contribution in [0.25, 0.3) is 10.9 Å². The molecule has 0 atom stereocenters. The molecule has 2 rings (SSSR count). The summed E-state index contributed by atoms with van der Waals surface area (Å²) in [6, 6.07) is 4.58. The number of aromatic carboxylic acids is 1. The molecule has 2 aromatic rings. The fourth-order valence-electron chi connectivity index (χ4n) is 1.59. The van der Waals surface area contributed by atoms with Gasteiger partial charge in [-0.25, -0.2) is 4.79 Å². The highest BCUT2D eigenvalue weighted by atomic mass is 16.4. The fourth-order valence-corrected chi connectivity index (χ4v) is 1.59. The summed E-state index contributed by atoms with van der Waals surface area (Å²) >= 11 is 0. The van der Waals surface area contributed by atoms with Crippen LogP contribution in [0.2, 0.25) is 0 Å². The predicted octanol–water partition coefficient (Wildman–Crippen LogP) is 0.0631. The highest BCUT2D eigenvalue weighted by Gasteiger charge is 2.11. The zero-order valence-electron chi connectivity index (χ0n) is 9.56. The molecule has 19 heavy (non-hydrogen) atoms. The number of nitrogens with one attached hydrogen (secondary N) is 1. The van der Waals surface area contributed by atoms with Crippen molar-refractivity contribution in [2.75, 3.05) is 0 Å². The highest BCUT2D eigenvalue weighted by molar-refractivity contribution is 5.94. The molecule has 0 saturated carbocycles. The van der Waals surface area contributed by atoms with Gasteiger partial charge in [0.25, 0.3) is 5.91 Å². The van der Waals surface area contributed by atoms with Gasteiger partial charge < -0.3 is 15.8 Å². The van der Waals surface area contributed by atoms with Gasteiger partial charge in [-0.1, -0.05) is 5.92 Å². The number of carboxylic acids is 1. The van der Waals surface area contributed by atoms with Crippen LogP contribution in [-0.4, -0.2) is 22.0 Å². The molecular weight excluding hydrogens is 248 g/mol. The number of benzene rings is 1. The number of primary amides is 1. The van der Waals surface area contributed by atoms with Crippen LogP contribution < -0.4 is 11.2 Å². The zero-order valence-corrected chi connectivity index (χ0v) is 9.56. The van der Waals surface area contributed by atoms with E-state index in [1.165, 1.54) is 6.07 Å². The Hall–Kier alpha value is -3.07. The number of hydrogen-bond donors (Lipinski definition) is 3. The largest absolute Gasteiger partial charge is 0.477 e. The molecule has 1 amide bonds. The molecule has 4 N–H and O–H groups in total. The summed E-state index contributed by atoms with van der Waals surface area (Å²) < 4.78 is 0. The van der Waals surface area contributed by atoms with Crippen LogP contribution in [0.3, 0.4) is 0 Å². The second kappa shape index (κ2) is 4.66. The molecule has 0 aliphatic rings. The van der Waals surface area contributed by atoms with Crippen LogP contribution in [0.5, 0.6) is 0 Å². The second-order valence-corrected chi connectivity index (χ2v) is 3.71. The third-order valence-corrected chi connectivity index (χ3v) is 2.44. The smallest absolute Gasteiger partial charge is 0.341 e. The van der Waals surface area contributed by atoms with Gasteiger partial charge in [0.2, 0.25) is 5.43 Å². The van der Waals surface area contributed by atoms with E-state index in [1.807, 2.05) is 0 Å². The van der Waals surface area contributed by atoms with Crippen molar-refractivity contribution in [2.45, 2.75) is 0 Å². The minimum absolute atomic E-state index is 0.191. The van der Waals surface area contributed by atoms with Gasteiger partial charge in [-0.3, -0.25) is 9.59 Å². The summed E-state index contributed by atoms with van der Waals surface area (Å²) in [5, 5.41) is 9.05. The van der Waals surface area contributed by atoms with Crippen LogP contribution >= 0.6 is 0 Å². The van der Waals surface area contributed by atoms with Crippen molar-refractivity contribution in [3.05, 3.63) is 45.7 Å². The van der Waals surface area contributed by atoms with E-state index in [2.05, 4.69) is 16.8 Å². The predicted molar refractivity (Wildman–Crippen MR) is 67.6 cm³/mol. The molecule has 1 aromatic heterocycles. The number of H-pyrrole nitrogens is 1. The number of carboxylic acid groups (broad SMARTS) is 1. The third-order valence-electron chi connectivity index (χ3n) is 2.44. The molecule has 1 heterocycles. The molecule has 0 spiro atoms. The number of aromatic amines is 1. The van der Waals surface area contributed by atoms with Crippen LogP contribution in [0.1, 0.15) is 15.9 Å². The average molecular weight is 256 g/mol. The molecule has 0 saturated heterocycles. The van der Waals surface area contributed by atoms with Gasteiger partial charge in [0.1, 0.15) is 5.56 Å². The molecule has 0 fully saturated rings.